The smallest absolute Gasteiger partial charge is 0.0965 e. The first kappa shape index (κ1) is 44.9. The minimum Gasteiger partial charge on any atom is -0.310 e. The predicted octanol–water partition coefficient (Wildman–Crippen LogP) is 19.3. The van der Waals surface area contributed by atoms with Crippen molar-refractivity contribution in [1.82, 2.24) is 19.1 Å². The minimum atomic E-state index is 0.816. The van der Waals surface area contributed by atoms with Crippen LogP contribution in [0.4, 0.5) is 34.1 Å². The highest BCUT2D eigenvalue weighted by Crippen LogP contribution is 2.44. The monoisotopic (exact) mass is 996 g/mol. The van der Waals surface area contributed by atoms with Gasteiger partial charge in [-0.2, -0.15) is 0 Å². The zero-order valence-electron chi connectivity index (χ0n) is 42.4. The summed E-state index contributed by atoms with van der Waals surface area (Å²) in [5.41, 5.74) is 16.9. The van der Waals surface area contributed by atoms with E-state index >= 15 is 0 Å². The molecule has 6 nitrogen and oxygen atoms in total. The molecule has 0 radical (unpaired) electrons. The van der Waals surface area contributed by atoms with Gasteiger partial charge in [0.05, 0.1) is 33.5 Å². The standard InChI is InChI=1S/C72H48N6/c1-3-19-55(20-4-1)77-67-25-13-11-23-63(67)65-47-61(39-41-69(65)77)75(59-37-27-49-15-7-9-17-53(49)45-59)57-33-29-51(30-34-57)71-72(74-44-43-73-71)52-31-35-58(36-32-52)76(60-38-28-50-16-8-10-18-54(50)46-60)62-40-42-70-66(48-62)64-24-12-14-26-68(64)78(70)56-21-5-2-6-22-56/h1-48H. The van der Waals surface area contributed by atoms with Crippen LogP contribution < -0.4 is 9.80 Å². The van der Waals surface area contributed by atoms with Crippen LogP contribution in [-0.4, -0.2) is 19.1 Å². The largest absolute Gasteiger partial charge is 0.310 e. The van der Waals surface area contributed by atoms with E-state index in [1.807, 2.05) is 0 Å². The molecule has 0 saturated heterocycles. The third kappa shape index (κ3) is 7.65. The third-order valence-electron chi connectivity index (χ3n) is 15.3. The molecule has 6 heteroatoms. The van der Waals surface area contributed by atoms with Crippen LogP contribution in [0.5, 0.6) is 0 Å². The summed E-state index contributed by atoms with van der Waals surface area (Å²) in [6.07, 6.45) is 3.58. The van der Waals surface area contributed by atoms with Crippen LogP contribution in [0.2, 0.25) is 0 Å². The second kappa shape index (κ2) is 18.7. The van der Waals surface area contributed by atoms with Gasteiger partial charge in [0.2, 0.25) is 0 Å². The van der Waals surface area contributed by atoms with Gasteiger partial charge in [-0.15, -0.1) is 0 Å². The van der Waals surface area contributed by atoms with E-state index in [-0.39, 0.29) is 0 Å². The van der Waals surface area contributed by atoms with Gasteiger partial charge >= 0.3 is 0 Å². The minimum absolute atomic E-state index is 0.816. The van der Waals surface area contributed by atoms with Gasteiger partial charge in [0.15, 0.2) is 0 Å². The van der Waals surface area contributed by atoms with E-state index in [9.17, 15) is 0 Å². The Kier molecular flexibility index (Phi) is 10.7. The van der Waals surface area contributed by atoms with E-state index < -0.39 is 0 Å². The Morgan fingerprint density at radius 3 is 1.01 bits per heavy atom. The molecule has 78 heavy (non-hydrogen) atoms. The Morgan fingerprint density at radius 2 is 0.577 bits per heavy atom. The van der Waals surface area contributed by atoms with Crippen molar-refractivity contribution in [2.45, 2.75) is 0 Å². The number of hydrogen-bond donors (Lipinski definition) is 0. The molecule has 0 saturated carbocycles. The quantitative estimate of drug-likeness (QED) is 0.137. The van der Waals surface area contributed by atoms with E-state index in [2.05, 4.69) is 298 Å². The molecule has 0 aliphatic carbocycles. The first-order valence-electron chi connectivity index (χ1n) is 26.5. The second-order valence-corrected chi connectivity index (χ2v) is 19.9. The number of nitrogens with zero attached hydrogens (tertiary/aromatic N) is 6. The highest BCUT2D eigenvalue weighted by molar-refractivity contribution is 6.12. The van der Waals surface area contributed by atoms with Crippen molar-refractivity contribution in [3.8, 4) is 33.9 Å². The molecule has 0 spiro atoms. The number of fused-ring (bicyclic) bond motifs is 8. The van der Waals surface area contributed by atoms with Crippen molar-refractivity contribution >= 4 is 99.3 Å². The average Bonchev–Trinajstić information content (AvgIpc) is 4.07. The van der Waals surface area contributed by atoms with Crippen molar-refractivity contribution in [1.29, 1.82) is 0 Å². The lowest BCUT2D eigenvalue weighted by atomic mass is 10.0. The predicted molar refractivity (Wildman–Crippen MR) is 326 cm³/mol. The molecule has 0 amide bonds. The summed E-state index contributed by atoms with van der Waals surface area (Å²) in [7, 11) is 0. The lowest BCUT2D eigenvalue weighted by Gasteiger charge is -2.26. The molecule has 12 aromatic carbocycles. The molecule has 0 N–H and O–H groups in total. The topological polar surface area (TPSA) is 42.1 Å². The number of rotatable bonds is 10. The molecule has 15 rings (SSSR count). The first-order chi connectivity index (χ1) is 38.7. The fourth-order valence-corrected chi connectivity index (χ4v) is 11.7. The van der Waals surface area contributed by atoms with Crippen LogP contribution in [0.3, 0.4) is 0 Å². The van der Waals surface area contributed by atoms with Gasteiger partial charge in [-0.1, -0.05) is 158 Å². The third-order valence-corrected chi connectivity index (χ3v) is 15.3. The molecule has 3 aromatic heterocycles. The van der Waals surface area contributed by atoms with Gasteiger partial charge in [-0.3, -0.25) is 9.97 Å². The van der Waals surface area contributed by atoms with Gasteiger partial charge in [0, 0.05) is 90.6 Å². The van der Waals surface area contributed by atoms with Crippen molar-refractivity contribution < 1.29 is 0 Å². The van der Waals surface area contributed by atoms with Crippen LogP contribution in [0.25, 0.3) is 99.0 Å². The Morgan fingerprint density at radius 1 is 0.244 bits per heavy atom. The van der Waals surface area contributed by atoms with Gasteiger partial charge in [0.25, 0.3) is 0 Å². The molecule has 0 fully saturated rings. The Hall–Kier alpha value is -10.6. The summed E-state index contributed by atoms with van der Waals surface area (Å²) in [5.74, 6) is 0. The van der Waals surface area contributed by atoms with Crippen LogP contribution in [-0.2, 0) is 0 Å². The Labute approximate surface area is 451 Å². The Balaban J connectivity index is 0.811. The van der Waals surface area contributed by atoms with Crippen LogP contribution >= 0.6 is 0 Å². The van der Waals surface area contributed by atoms with Gasteiger partial charge in [-0.05, 0) is 143 Å². The highest BCUT2D eigenvalue weighted by atomic mass is 15.1. The molecule has 0 aliphatic heterocycles. The maximum absolute atomic E-state index is 5.01. The molecule has 366 valence electrons. The summed E-state index contributed by atoms with van der Waals surface area (Å²) in [4.78, 5) is 14.7. The molecule has 3 heterocycles. The number of benzene rings is 12. The zero-order valence-corrected chi connectivity index (χ0v) is 42.4. The molecule has 15 aromatic rings. The molecule has 0 aliphatic rings. The Bertz CT molecular complexity index is 4430. The summed E-state index contributed by atoms with van der Waals surface area (Å²) in [5, 5.41) is 9.57. The lowest BCUT2D eigenvalue weighted by molar-refractivity contribution is 1.18. The van der Waals surface area contributed by atoms with Crippen molar-refractivity contribution in [2.24, 2.45) is 0 Å². The highest BCUT2D eigenvalue weighted by Gasteiger charge is 2.21. The van der Waals surface area contributed by atoms with Gasteiger partial charge in [-0.25, -0.2) is 0 Å². The van der Waals surface area contributed by atoms with E-state index in [0.717, 1.165) is 79.0 Å². The summed E-state index contributed by atoms with van der Waals surface area (Å²) >= 11 is 0. The normalized spacial score (nSPS) is 11.6. The van der Waals surface area contributed by atoms with E-state index in [1.165, 1.54) is 54.1 Å². The van der Waals surface area contributed by atoms with Crippen molar-refractivity contribution in [2.75, 3.05) is 9.80 Å². The van der Waals surface area contributed by atoms with Gasteiger partial charge in [0.1, 0.15) is 0 Å². The van der Waals surface area contributed by atoms with Crippen LogP contribution in [0.1, 0.15) is 0 Å². The molecule has 0 atom stereocenters. The molecular formula is C72H48N6. The number of aromatic nitrogens is 4. The maximum Gasteiger partial charge on any atom is 0.0965 e. The zero-order chi connectivity index (χ0) is 51.5. The SMILES string of the molecule is c1ccc(-n2c3ccccc3c3cc(N(c4ccc(-c5nccnc5-c5ccc(N(c6ccc7ccccc7c6)c6ccc7c(c6)c6ccccc6n7-c6ccccc6)cc5)cc4)c4ccc5ccccc5c4)ccc32)cc1. The van der Waals surface area contributed by atoms with Crippen molar-refractivity contribution in [3.05, 3.63) is 291 Å². The molecule has 0 unspecified atom stereocenters. The second-order valence-electron chi connectivity index (χ2n) is 19.9. The van der Waals surface area contributed by atoms with E-state index in [4.69, 9.17) is 9.97 Å². The summed E-state index contributed by atoms with van der Waals surface area (Å²) in [6, 6.07) is 100. The first-order valence-corrected chi connectivity index (χ1v) is 26.5. The van der Waals surface area contributed by atoms with Gasteiger partial charge < -0.3 is 18.9 Å². The van der Waals surface area contributed by atoms with Crippen LogP contribution in [0, 0.1) is 0 Å². The summed E-state index contributed by atoms with van der Waals surface area (Å²) in [6.45, 7) is 0. The number of anilines is 6. The van der Waals surface area contributed by atoms with E-state index in [0.29, 0.717) is 0 Å². The molecule has 0 bridgehead atoms. The molecular weight excluding hydrogens is 949 g/mol. The summed E-state index contributed by atoms with van der Waals surface area (Å²) < 4.78 is 4.73. The van der Waals surface area contributed by atoms with Crippen molar-refractivity contribution in [3.63, 3.8) is 0 Å². The lowest BCUT2D eigenvalue weighted by Crippen LogP contribution is -2.10. The fourth-order valence-electron chi connectivity index (χ4n) is 11.7. The van der Waals surface area contributed by atoms with Crippen LogP contribution in [0.15, 0.2) is 291 Å². The number of para-hydroxylation sites is 4. The maximum atomic E-state index is 5.01. The average molecular weight is 997 g/mol. The number of hydrogen-bond acceptors (Lipinski definition) is 4. The fraction of sp³-hybridized carbons (Fsp3) is 0. The van der Waals surface area contributed by atoms with E-state index in [1.54, 1.807) is 12.4 Å².